The van der Waals surface area contributed by atoms with E-state index in [1.54, 1.807) is 36.4 Å². The van der Waals surface area contributed by atoms with Crippen LogP contribution in [0, 0.1) is 23.0 Å². The van der Waals surface area contributed by atoms with Gasteiger partial charge in [-0.2, -0.15) is 0 Å². The minimum absolute atomic E-state index is 0.0725. The summed E-state index contributed by atoms with van der Waals surface area (Å²) in [4.78, 5) is 38.6. The number of aliphatic hydroxyl groups is 1. The largest absolute Gasteiger partial charge is 0.507 e. The van der Waals surface area contributed by atoms with Crippen LogP contribution in [0.15, 0.2) is 78.4 Å². The predicted octanol–water partition coefficient (Wildman–Crippen LogP) is 5.56. The number of aryl methyl sites for hydroxylation is 1. The van der Waals surface area contributed by atoms with E-state index in [0.29, 0.717) is 29.5 Å². The van der Waals surface area contributed by atoms with Gasteiger partial charge in [-0.15, -0.1) is 0 Å². The highest BCUT2D eigenvalue weighted by Gasteiger charge is 2.47. The van der Waals surface area contributed by atoms with Crippen LogP contribution in [0.2, 0.25) is 0 Å². The highest BCUT2D eigenvalue weighted by Crippen LogP contribution is 2.43. The number of carbonyl (C=O) groups is 2. The number of ether oxygens (including phenoxy) is 1. The molecular weight excluding hydrogens is 460 g/mol. The number of nitro groups is 1. The van der Waals surface area contributed by atoms with Gasteiger partial charge in [-0.3, -0.25) is 24.6 Å². The maximum atomic E-state index is 13.3. The molecular formula is C28H26N2O6. The third-order valence-electron chi connectivity index (χ3n) is 5.84. The summed E-state index contributed by atoms with van der Waals surface area (Å²) < 4.78 is 5.86. The normalized spacial score (nSPS) is 17.0. The van der Waals surface area contributed by atoms with Gasteiger partial charge in [0.05, 0.1) is 23.1 Å². The topological polar surface area (TPSA) is 110 Å². The number of hydrogen-bond acceptors (Lipinski definition) is 6. The number of non-ortho nitro benzene ring substituents is 1. The van der Waals surface area contributed by atoms with Crippen molar-refractivity contribution in [2.45, 2.75) is 26.8 Å². The molecule has 0 radical (unpaired) electrons. The van der Waals surface area contributed by atoms with E-state index in [1.807, 2.05) is 32.9 Å². The van der Waals surface area contributed by atoms with E-state index < -0.39 is 28.4 Å². The Morgan fingerprint density at radius 3 is 2.42 bits per heavy atom. The van der Waals surface area contributed by atoms with Crippen molar-refractivity contribution >= 4 is 28.8 Å². The quantitative estimate of drug-likeness (QED) is 0.154. The summed E-state index contributed by atoms with van der Waals surface area (Å²) in [5.74, 6) is -1.31. The number of benzene rings is 3. The Balaban J connectivity index is 1.90. The summed E-state index contributed by atoms with van der Waals surface area (Å²) in [5, 5.41) is 22.5. The van der Waals surface area contributed by atoms with Crippen LogP contribution in [-0.2, 0) is 9.59 Å². The van der Waals surface area contributed by atoms with E-state index in [1.165, 1.54) is 29.2 Å². The van der Waals surface area contributed by atoms with Gasteiger partial charge >= 0.3 is 0 Å². The zero-order valence-corrected chi connectivity index (χ0v) is 20.2. The lowest BCUT2D eigenvalue weighted by molar-refractivity contribution is -0.384. The number of anilines is 1. The molecule has 8 nitrogen and oxygen atoms in total. The first-order valence-electron chi connectivity index (χ1n) is 11.5. The predicted molar refractivity (Wildman–Crippen MR) is 136 cm³/mol. The van der Waals surface area contributed by atoms with Gasteiger partial charge in [-0.25, -0.2) is 0 Å². The van der Waals surface area contributed by atoms with Crippen molar-refractivity contribution in [2.24, 2.45) is 5.92 Å². The zero-order valence-electron chi connectivity index (χ0n) is 20.2. The third kappa shape index (κ3) is 4.84. The van der Waals surface area contributed by atoms with E-state index in [2.05, 4.69) is 0 Å². The van der Waals surface area contributed by atoms with Gasteiger partial charge in [0.1, 0.15) is 11.5 Å². The maximum absolute atomic E-state index is 13.3. The van der Waals surface area contributed by atoms with Crippen LogP contribution in [0.4, 0.5) is 11.4 Å². The molecule has 1 aliphatic heterocycles. The van der Waals surface area contributed by atoms with Crippen LogP contribution < -0.4 is 9.64 Å². The fraction of sp³-hybridized carbons (Fsp3) is 0.214. The zero-order chi connectivity index (χ0) is 26.0. The van der Waals surface area contributed by atoms with E-state index in [0.717, 1.165) is 5.56 Å². The molecule has 1 saturated heterocycles. The van der Waals surface area contributed by atoms with Crippen LogP contribution in [0.5, 0.6) is 5.75 Å². The van der Waals surface area contributed by atoms with Gasteiger partial charge in [0.15, 0.2) is 0 Å². The highest BCUT2D eigenvalue weighted by molar-refractivity contribution is 6.51. The Morgan fingerprint density at radius 2 is 1.75 bits per heavy atom. The van der Waals surface area contributed by atoms with Crippen molar-refractivity contribution in [1.29, 1.82) is 0 Å². The molecule has 184 valence electrons. The first-order chi connectivity index (χ1) is 17.2. The monoisotopic (exact) mass is 486 g/mol. The summed E-state index contributed by atoms with van der Waals surface area (Å²) in [7, 11) is 0. The Morgan fingerprint density at radius 1 is 1.06 bits per heavy atom. The first-order valence-corrected chi connectivity index (χ1v) is 11.5. The lowest BCUT2D eigenvalue weighted by atomic mass is 9.94. The van der Waals surface area contributed by atoms with Crippen molar-refractivity contribution in [2.75, 3.05) is 11.5 Å². The molecule has 0 bridgehead atoms. The number of rotatable bonds is 7. The van der Waals surface area contributed by atoms with Crippen LogP contribution in [-0.4, -0.2) is 28.3 Å². The lowest BCUT2D eigenvalue weighted by Gasteiger charge is -2.26. The number of aliphatic hydroxyl groups excluding tert-OH is 1. The van der Waals surface area contributed by atoms with Crippen LogP contribution in [0.1, 0.15) is 36.6 Å². The molecule has 1 atom stereocenters. The van der Waals surface area contributed by atoms with Gasteiger partial charge in [-0.1, -0.05) is 55.8 Å². The maximum Gasteiger partial charge on any atom is 0.300 e. The Bertz CT molecular complexity index is 1360. The van der Waals surface area contributed by atoms with Crippen molar-refractivity contribution < 1.29 is 24.4 Å². The molecule has 1 fully saturated rings. The van der Waals surface area contributed by atoms with Crippen LogP contribution in [0.3, 0.4) is 0 Å². The number of hydrogen-bond donors (Lipinski definition) is 1. The van der Waals surface area contributed by atoms with E-state index >= 15 is 0 Å². The molecule has 0 saturated carbocycles. The number of nitrogens with zero attached hydrogens (tertiary/aromatic N) is 2. The van der Waals surface area contributed by atoms with Crippen molar-refractivity contribution in [1.82, 2.24) is 0 Å². The van der Waals surface area contributed by atoms with E-state index in [4.69, 9.17) is 4.74 Å². The molecule has 1 amide bonds. The smallest absolute Gasteiger partial charge is 0.300 e. The van der Waals surface area contributed by atoms with Crippen LogP contribution in [0.25, 0.3) is 5.76 Å². The molecule has 0 spiro atoms. The summed E-state index contributed by atoms with van der Waals surface area (Å²) in [6.45, 7) is 6.44. The number of nitro benzene ring substituents is 1. The van der Waals surface area contributed by atoms with E-state index in [9.17, 15) is 24.8 Å². The minimum Gasteiger partial charge on any atom is -0.507 e. The Kier molecular flexibility index (Phi) is 6.87. The number of Topliss-reactive ketones (excluding diaryl/α,β-unsaturated/α-hetero) is 1. The molecule has 1 unspecified atom stereocenters. The molecule has 3 aromatic rings. The van der Waals surface area contributed by atoms with E-state index in [-0.39, 0.29) is 16.8 Å². The Hall–Kier alpha value is -4.46. The van der Waals surface area contributed by atoms with Gasteiger partial charge in [-0.05, 0) is 42.7 Å². The fourth-order valence-corrected chi connectivity index (χ4v) is 4.08. The average Bonchev–Trinajstić information content (AvgIpc) is 3.13. The minimum atomic E-state index is -0.963. The number of ketones is 1. The standard InChI is InChI=1S/C28H26N2O6/c1-17(2)16-36-23-9-5-6-19(15-23)25-24(26(31)20-7-4-8-22(14-20)30(34)35)27(32)28(33)29(25)21-12-10-18(3)11-13-21/h4-15,17,25,31H,16H2,1-3H3/b26-24-. The molecule has 0 aliphatic carbocycles. The molecule has 8 heteroatoms. The molecule has 36 heavy (non-hydrogen) atoms. The summed E-state index contributed by atoms with van der Waals surface area (Å²) >= 11 is 0. The number of carbonyl (C=O) groups excluding carboxylic acids is 2. The molecule has 1 heterocycles. The van der Waals surface area contributed by atoms with Gasteiger partial charge < -0.3 is 9.84 Å². The summed E-state index contributed by atoms with van der Waals surface area (Å²) in [5.41, 5.74) is 1.70. The molecule has 0 aromatic heterocycles. The number of amides is 1. The fourth-order valence-electron chi connectivity index (χ4n) is 4.08. The highest BCUT2D eigenvalue weighted by atomic mass is 16.6. The van der Waals surface area contributed by atoms with Crippen molar-refractivity contribution in [3.8, 4) is 5.75 Å². The molecule has 3 aromatic carbocycles. The molecule has 1 N–H and O–H groups in total. The van der Waals surface area contributed by atoms with Gasteiger partial charge in [0, 0.05) is 23.4 Å². The van der Waals surface area contributed by atoms with Crippen LogP contribution >= 0.6 is 0 Å². The summed E-state index contributed by atoms with van der Waals surface area (Å²) in [6.07, 6.45) is 0. The second-order valence-electron chi connectivity index (χ2n) is 9.09. The second-order valence-corrected chi connectivity index (χ2v) is 9.09. The molecule has 1 aliphatic rings. The third-order valence-corrected chi connectivity index (χ3v) is 5.84. The SMILES string of the molecule is Cc1ccc(N2C(=O)C(=O)/C(=C(\O)c3cccc([N+](=O)[O-])c3)C2c2cccc(OCC(C)C)c2)cc1. The average molecular weight is 487 g/mol. The van der Waals surface area contributed by atoms with Crippen molar-refractivity contribution in [3.05, 3.63) is 105 Å². The van der Waals surface area contributed by atoms with Crippen molar-refractivity contribution in [3.63, 3.8) is 0 Å². The summed E-state index contributed by atoms with van der Waals surface area (Å²) in [6, 6.07) is 18.5. The lowest BCUT2D eigenvalue weighted by Crippen LogP contribution is -2.29. The first kappa shape index (κ1) is 24.7. The Labute approximate surface area is 208 Å². The van der Waals surface area contributed by atoms with Gasteiger partial charge in [0.25, 0.3) is 17.4 Å². The van der Waals surface area contributed by atoms with Gasteiger partial charge in [0.2, 0.25) is 0 Å². The second kappa shape index (κ2) is 10.0. The molecule has 4 rings (SSSR count).